The molecule has 1 heterocycles. The lowest BCUT2D eigenvalue weighted by Gasteiger charge is -2.32. The predicted molar refractivity (Wildman–Crippen MR) is 66.4 cm³/mol. The minimum atomic E-state index is 0.246. The van der Waals surface area contributed by atoms with Crippen LogP contribution in [0.25, 0.3) is 0 Å². The first kappa shape index (κ1) is 13.5. The van der Waals surface area contributed by atoms with Crippen LogP contribution < -0.4 is 5.32 Å². The van der Waals surface area contributed by atoms with Crippen LogP contribution in [0.3, 0.4) is 0 Å². The Balaban J connectivity index is 2.19. The predicted octanol–water partition coefficient (Wildman–Crippen LogP) is 0.539. The zero-order valence-corrected chi connectivity index (χ0v) is 10.8. The van der Waals surface area contributed by atoms with E-state index in [9.17, 15) is 4.79 Å². The molecule has 1 aliphatic rings. The van der Waals surface area contributed by atoms with Gasteiger partial charge in [0.15, 0.2) is 0 Å². The number of amides is 1. The van der Waals surface area contributed by atoms with Crippen LogP contribution in [0, 0.1) is 0 Å². The summed E-state index contributed by atoms with van der Waals surface area (Å²) in [5.74, 6) is 0.246. The van der Waals surface area contributed by atoms with Gasteiger partial charge in [0.1, 0.15) is 0 Å². The van der Waals surface area contributed by atoms with Crippen molar-refractivity contribution in [3.05, 3.63) is 0 Å². The number of piperazine rings is 1. The smallest absolute Gasteiger partial charge is 0.236 e. The summed E-state index contributed by atoms with van der Waals surface area (Å²) in [6.07, 6.45) is 2.30. The number of hydrogen-bond donors (Lipinski definition) is 1. The Labute approximate surface area is 99.0 Å². The average Bonchev–Trinajstić information content (AvgIpc) is 2.27. The molecule has 94 valence electrons. The normalized spacial score (nSPS) is 19.8. The highest BCUT2D eigenvalue weighted by Crippen LogP contribution is 2.00. The maximum Gasteiger partial charge on any atom is 0.236 e. The standard InChI is InChI=1S/C12H25N3O/c1-4-5-11(2)13-10-12(16)15-8-6-14(3)7-9-15/h11,13H,4-10H2,1-3H3. The van der Waals surface area contributed by atoms with Gasteiger partial charge in [-0.25, -0.2) is 0 Å². The first-order valence-electron chi connectivity index (χ1n) is 6.33. The van der Waals surface area contributed by atoms with Gasteiger partial charge in [-0.15, -0.1) is 0 Å². The summed E-state index contributed by atoms with van der Waals surface area (Å²) in [5.41, 5.74) is 0. The zero-order chi connectivity index (χ0) is 12.0. The second-order valence-corrected chi connectivity index (χ2v) is 4.75. The molecule has 0 aliphatic carbocycles. The Bertz CT molecular complexity index is 212. The van der Waals surface area contributed by atoms with Gasteiger partial charge in [0.25, 0.3) is 0 Å². The second kappa shape index (κ2) is 6.86. The molecule has 16 heavy (non-hydrogen) atoms. The first-order chi connectivity index (χ1) is 7.63. The summed E-state index contributed by atoms with van der Waals surface area (Å²) in [6, 6.07) is 0.446. The number of carbonyl (C=O) groups excluding carboxylic acids is 1. The van der Waals surface area contributed by atoms with Crippen molar-refractivity contribution in [1.29, 1.82) is 0 Å². The Morgan fingerprint density at radius 3 is 2.50 bits per heavy atom. The van der Waals surface area contributed by atoms with Gasteiger partial charge >= 0.3 is 0 Å². The minimum Gasteiger partial charge on any atom is -0.339 e. The second-order valence-electron chi connectivity index (χ2n) is 4.75. The fourth-order valence-electron chi connectivity index (χ4n) is 1.96. The van der Waals surface area contributed by atoms with E-state index in [2.05, 4.69) is 31.1 Å². The molecule has 1 atom stereocenters. The van der Waals surface area contributed by atoms with Crippen molar-refractivity contribution in [2.75, 3.05) is 39.8 Å². The largest absolute Gasteiger partial charge is 0.339 e. The molecule has 0 aromatic rings. The van der Waals surface area contributed by atoms with E-state index in [1.165, 1.54) is 0 Å². The molecule has 0 spiro atoms. The number of likely N-dealkylation sites (N-methyl/N-ethyl adjacent to an activating group) is 1. The molecule has 1 saturated heterocycles. The molecular weight excluding hydrogens is 202 g/mol. The van der Waals surface area contributed by atoms with E-state index in [1.807, 2.05) is 4.90 Å². The molecule has 1 unspecified atom stereocenters. The van der Waals surface area contributed by atoms with Crippen molar-refractivity contribution in [2.45, 2.75) is 32.7 Å². The number of nitrogens with zero attached hydrogens (tertiary/aromatic N) is 2. The van der Waals surface area contributed by atoms with Gasteiger partial charge in [-0.05, 0) is 20.4 Å². The highest BCUT2D eigenvalue weighted by molar-refractivity contribution is 5.78. The van der Waals surface area contributed by atoms with Gasteiger partial charge in [-0.2, -0.15) is 0 Å². The van der Waals surface area contributed by atoms with Crippen LogP contribution in [0.2, 0.25) is 0 Å². The number of carbonyl (C=O) groups is 1. The van der Waals surface area contributed by atoms with E-state index in [0.29, 0.717) is 12.6 Å². The molecule has 1 fully saturated rings. The molecule has 0 aromatic carbocycles. The molecule has 0 radical (unpaired) electrons. The van der Waals surface area contributed by atoms with Crippen molar-refractivity contribution >= 4 is 5.91 Å². The summed E-state index contributed by atoms with van der Waals surface area (Å²) in [7, 11) is 2.10. The summed E-state index contributed by atoms with van der Waals surface area (Å²) in [6.45, 7) is 8.54. The van der Waals surface area contributed by atoms with Gasteiger partial charge in [0.05, 0.1) is 6.54 Å². The van der Waals surface area contributed by atoms with Gasteiger partial charge in [-0.1, -0.05) is 13.3 Å². The monoisotopic (exact) mass is 227 g/mol. The fraction of sp³-hybridized carbons (Fsp3) is 0.917. The first-order valence-corrected chi connectivity index (χ1v) is 6.33. The van der Waals surface area contributed by atoms with E-state index in [0.717, 1.165) is 39.0 Å². The molecule has 1 amide bonds. The summed E-state index contributed by atoms with van der Waals surface area (Å²) < 4.78 is 0. The summed E-state index contributed by atoms with van der Waals surface area (Å²) in [4.78, 5) is 16.1. The molecular formula is C12H25N3O. The van der Waals surface area contributed by atoms with Crippen LogP contribution in [0.15, 0.2) is 0 Å². The number of hydrogen-bond acceptors (Lipinski definition) is 3. The van der Waals surface area contributed by atoms with Gasteiger partial charge in [0.2, 0.25) is 5.91 Å². The lowest BCUT2D eigenvalue weighted by molar-refractivity contribution is -0.131. The Morgan fingerprint density at radius 2 is 1.94 bits per heavy atom. The van der Waals surface area contributed by atoms with Gasteiger partial charge in [0, 0.05) is 32.2 Å². The zero-order valence-electron chi connectivity index (χ0n) is 10.8. The van der Waals surface area contributed by atoms with E-state index in [4.69, 9.17) is 0 Å². The van der Waals surface area contributed by atoms with Crippen molar-refractivity contribution < 1.29 is 4.79 Å². The summed E-state index contributed by atoms with van der Waals surface area (Å²) >= 11 is 0. The molecule has 4 nitrogen and oxygen atoms in total. The third-order valence-electron chi connectivity index (χ3n) is 3.18. The van der Waals surface area contributed by atoms with Crippen LogP contribution in [0.1, 0.15) is 26.7 Å². The Morgan fingerprint density at radius 1 is 1.31 bits per heavy atom. The van der Waals surface area contributed by atoms with Crippen molar-refractivity contribution in [2.24, 2.45) is 0 Å². The highest BCUT2D eigenvalue weighted by atomic mass is 16.2. The SMILES string of the molecule is CCCC(C)NCC(=O)N1CCN(C)CC1. The minimum absolute atomic E-state index is 0.246. The molecule has 4 heteroatoms. The summed E-state index contributed by atoms with van der Waals surface area (Å²) in [5, 5.41) is 3.29. The Kier molecular flexibility index (Phi) is 5.77. The van der Waals surface area contributed by atoms with E-state index in [1.54, 1.807) is 0 Å². The molecule has 1 N–H and O–H groups in total. The van der Waals surface area contributed by atoms with E-state index < -0.39 is 0 Å². The maximum atomic E-state index is 11.9. The lowest BCUT2D eigenvalue weighted by atomic mass is 10.2. The molecule has 1 rings (SSSR count). The average molecular weight is 227 g/mol. The number of rotatable bonds is 5. The topological polar surface area (TPSA) is 35.6 Å². The Hall–Kier alpha value is -0.610. The maximum absolute atomic E-state index is 11.9. The lowest BCUT2D eigenvalue weighted by Crippen LogP contribution is -2.50. The van der Waals surface area contributed by atoms with Crippen LogP contribution in [0.5, 0.6) is 0 Å². The highest BCUT2D eigenvalue weighted by Gasteiger charge is 2.18. The molecule has 0 aromatic heterocycles. The van der Waals surface area contributed by atoms with Crippen molar-refractivity contribution in [3.8, 4) is 0 Å². The van der Waals surface area contributed by atoms with E-state index >= 15 is 0 Å². The fourth-order valence-corrected chi connectivity index (χ4v) is 1.96. The molecule has 1 aliphatic heterocycles. The van der Waals surface area contributed by atoms with Crippen molar-refractivity contribution in [3.63, 3.8) is 0 Å². The molecule has 0 saturated carbocycles. The van der Waals surface area contributed by atoms with Crippen molar-refractivity contribution in [1.82, 2.24) is 15.1 Å². The van der Waals surface area contributed by atoms with Crippen LogP contribution in [-0.2, 0) is 4.79 Å². The van der Waals surface area contributed by atoms with Crippen LogP contribution in [-0.4, -0.2) is 61.5 Å². The van der Waals surface area contributed by atoms with E-state index in [-0.39, 0.29) is 5.91 Å². The third kappa shape index (κ3) is 4.49. The van der Waals surface area contributed by atoms with Crippen LogP contribution >= 0.6 is 0 Å². The third-order valence-corrected chi connectivity index (χ3v) is 3.18. The number of nitrogens with one attached hydrogen (secondary N) is 1. The quantitative estimate of drug-likeness (QED) is 0.744. The van der Waals surface area contributed by atoms with Gasteiger partial charge in [-0.3, -0.25) is 4.79 Å². The van der Waals surface area contributed by atoms with Gasteiger partial charge < -0.3 is 15.1 Å². The molecule has 0 bridgehead atoms. The van der Waals surface area contributed by atoms with Crippen LogP contribution in [0.4, 0.5) is 0 Å².